The van der Waals surface area contributed by atoms with Crippen LogP contribution in [-0.4, -0.2) is 11.9 Å². The zero-order valence-corrected chi connectivity index (χ0v) is 11.8. The predicted molar refractivity (Wildman–Crippen MR) is 77.5 cm³/mol. The van der Waals surface area contributed by atoms with Crippen molar-refractivity contribution in [2.75, 3.05) is 0 Å². The number of benzene rings is 1. The first-order valence-corrected chi connectivity index (χ1v) is 7.20. The van der Waals surface area contributed by atoms with Crippen LogP contribution in [0.3, 0.4) is 0 Å². The van der Waals surface area contributed by atoms with Gasteiger partial charge in [0.05, 0.1) is 0 Å². The molecule has 4 atom stereocenters. The molecular formula is C16H24N2O. The quantitative estimate of drug-likeness (QED) is 0.877. The number of amides is 1. The van der Waals surface area contributed by atoms with Gasteiger partial charge in [0.15, 0.2) is 0 Å². The molecule has 0 aromatic heterocycles. The van der Waals surface area contributed by atoms with Gasteiger partial charge in [-0.2, -0.15) is 0 Å². The maximum Gasteiger partial charge on any atom is 0.241 e. The SMILES string of the molecule is CC1CCCC(NC(=O)[C@H](N)c2ccccc2)C1C. The molecule has 0 saturated heterocycles. The molecule has 1 amide bonds. The van der Waals surface area contributed by atoms with Crippen LogP contribution >= 0.6 is 0 Å². The number of nitrogens with two attached hydrogens (primary N) is 1. The van der Waals surface area contributed by atoms with Crippen LogP contribution in [0.4, 0.5) is 0 Å². The lowest BCUT2D eigenvalue weighted by atomic mass is 9.78. The first kappa shape index (κ1) is 14.1. The molecule has 3 heteroatoms. The van der Waals surface area contributed by atoms with E-state index in [1.807, 2.05) is 30.3 Å². The van der Waals surface area contributed by atoms with Crippen LogP contribution in [0.1, 0.15) is 44.7 Å². The first-order chi connectivity index (χ1) is 9.09. The molecule has 0 radical (unpaired) electrons. The average Bonchev–Trinajstić information content (AvgIpc) is 2.44. The number of hydrogen-bond acceptors (Lipinski definition) is 2. The average molecular weight is 260 g/mol. The summed E-state index contributed by atoms with van der Waals surface area (Å²) in [6.07, 6.45) is 3.52. The summed E-state index contributed by atoms with van der Waals surface area (Å²) < 4.78 is 0. The Labute approximate surface area is 115 Å². The molecule has 1 fully saturated rings. The smallest absolute Gasteiger partial charge is 0.241 e. The second kappa shape index (κ2) is 6.20. The molecule has 3 unspecified atom stereocenters. The van der Waals surface area contributed by atoms with Gasteiger partial charge in [-0.15, -0.1) is 0 Å². The van der Waals surface area contributed by atoms with Crippen molar-refractivity contribution >= 4 is 5.91 Å². The Morgan fingerprint density at radius 1 is 1.26 bits per heavy atom. The lowest BCUT2D eigenvalue weighted by Crippen LogP contribution is -2.46. The molecular weight excluding hydrogens is 236 g/mol. The van der Waals surface area contributed by atoms with Gasteiger partial charge in [0.2, 0.25) is 5.91 Å². The summed E-state index contributed by atoms with van der Waals surface area (Å²) >= 11 is 0. The summed E-state index contributed by atoms with van der Waals surface area (Å²) in [7, 11) is 0. The highest BCUT2D eigenvalue weighted by molar-refractivity contribution is 5.83. The monoisotopic (exact) mass is 260 g/mol. The van der Waals surface area contributed by atoms with Crippen LogP contribution in [0, 0.1) is 11.8 Å². The Morgan fingerprint density at radius 2 is 1.95 bits per heavy atom. The van der Waals surface area contributed by atoms with Crippen LogP contribution < -0.4 is 11.1 Å². The largest absolute Gasteiger partial charge is 0.351 e. The summed E-state index contributed by atoms with van der Waals surface area (Å²) in [5.74, 6) is 1.14. The van der Waals surface area contributed by atoms with Crippen molar-refractivity contribution in [3.05, 3.63) is 35.9 Å². The van der Waals surface area contributed by atoms with Crippen molar-refractivity contribution in [2.45, 2.75) is 45.2 Å². The fourth-order valence-electron chi connectivity index (χ4n) is 2.87. The Balaban J connectivity index is 1.97. The molecule has 1 aliphatic carbocycles. The highest BCUT2D eigenvalue weighted by Crippen LogP contribution is 2.29. The van der Waals surface area contributed by atoms with E-state index in [1.54, 1.807) is 0 Å². The standard InChI is InChI=1S/C16H24N2O/c1-11-7-6-10-14(12(11)2)18-16(19)15(17)13-8-4-3-5-9-13/h3-5,8-9,11-12,14-15H,6-7,10,17H2,1-2H3,(H,18,19)/t11?,12?,14?,15-/m1/s1. The van der Waals surface area contributed by atoms with Gasteiger partial charge in [0.1, 0.15) is 6.04 Å². The topological polar surface area (TPSA) is 55.1 Å². The number of carbonyl (C=O) groups excluding carboxylic acids is 1. The highest BCUT2D eigenvalue weighted by Gasteiger charge is 2.29. The minimum Gasteiger partial charge on any atom is -0.351 e. The van der Waals surface area contributed by atoms with E-state index in [0.29, 0.717) is 11.8 Å². The van der Waals surface area contributed by atoms with E-state index in [1.165, 1.54) is 12.8 Å². The molecule has 19 heavy (non-hydrogen) atoms. The summed E-state index contributed by atoms with van der Waals surface area (Å²) in [6.45, 7) is 4.49. The van der Waals surface area contributed by atoms with Crippen LogP contribution in [0.15, 0.2) is 30.3 Å². The van der Waals surface area contributed by atoms with E-state index in [2.05, 4.69) is 19.2 Å². The molecule has 3 nitrogen and oxygen atoms in total. The van der Waals surface area contributed by atoms with Crippen LogP contribution in [0.2, 0.25) is 0 Å². The van der Waals surface area contributed by atoms with Gasteiger partial charge in [-0.05, 0) is 23.8 Å². The zero-order chi connectivity index (χ0) is 13.8. The Kier molecular flexibility index (Phi) is 4.59. The second-order valence-electron chi connectivity index (χ2n) is 5.77. The van der Waals surface area contributed by atoms with Gasteiger partial charge >= 0.3 is 0 Å². The minimum atomic E-state index is -0.564. The highest BCUT2D eigenvalue weighted by atomic mass is 16.2. The summed E-state index contributed by atoms with van der Waals surface area (Å²) in [5.41, 5.74) is 6.90. The molecule has 0 spiro atoms. The predicted octanol–water partition coefficient (Wildman–Crippen LogP) is 2.63. The van der Waals surface area contributed by atoms with Crippen LogP contribution in [0.25, 0.3) is 0 Å². The third-order valence-electron chi connectivity index (χ3n) is 4.48. The van der Waals surface area contributed by atoms with Gasteiger partial charge < -0.3 is 11.1 Å². The van der Waals surface area contributed by atoms with Crippen molar-refractivity contribution in [1.29, 1.82) is 0 Å². The normalized spacial score (nSPS) is 28.7. The molecule has 104 valence electrons. The van der Waals surface area contributed by atoms with Crippen molar-refractivity contribution in [1.82, 2.24) is 5.32 Å². The summed E-state index contributed by atoms with van der Waals surface area (Å²) in [4.78, 5) is 12.2. The molecule has 0 bridgehead atoms. The third kappa shape index (κ3) is 3.35. The lowest BCUT2D eigenvalue weighted by Gasteiger charge is -2.35. The van der Waals surface area contributed by atoms with E-state index < -0.39 is 6.04 Å². The number of nitrogens with one attached hydrogen (secondary N) is 1. The third-order valence-corrected chi connectivity index (χ3v) is 4.48. The van der Waals surface area contributed by atoms with Crippen molar-refractivity contribution in [3.63, 3.8) is 0 Å². The van der Waals surface area contributed by atoms with Gasteiger partial charge in [-0.1, -0.05) is 57.0 Å². The Hall–Kier alpha value is -1.35. The minimum absolute atomic E-state index is 0.0582. The molecule has 3 N–H and O–H groups in total. The van der Waals surface area contributed by atoms with Gasteiger partial charge in [0.25, 0.3) is 0 Å². The zero-order valence-electron chi connectivity index (χ0n) is 11.8. The molecule has 0 heterocycles. The van der Waals surface area contributed by atoms with Crippen molar-refractivity contribution in [2.24, 2.45) is 17.6 Å². The molecule has 1 aromatic carbocycles. The molecule has 1 aromatic rings. The number of carbonyl (C=O) groups is 1. The molecule has 2 rings (SSSR count). The summed E-state index contributed by atoms with van der Waals surface area (Å²) in [6, 6.07) is 9.26. The van der Waals surface area contributed by atoms with Gasteiger partial charge in [-0.3, -0.25) is 4.79 Å². The second-order valence-corrected chi connectivity index (χ2v) is 5.77. The maximum atomic E-state index is 12.2. The van der Waals surface area contributed by atoms with Crippen LogP contribution in [-0.2, 0) is 4.79 Å². The van der Waals surface area contributed by atoms with E-state index >= 15 is 0 Å². The van der Waals surface area contributed by atoms with E-state index in [9.17, 15) is 4.79 Å². The summed E-state index contributed by atoms with van der Waals surface area (Å²) in [5, 5.41) is 3.13. The van der Waals surface area contributed by atoms with Crippen LogP contribution in [0.5, 0.6) is 0 Å². The fraction of sp³-hybridized carbons (Fsp3) is 0.562. The van der Waals surface area contributed by atoms with E-state index in [0.717, 1.165) is 12.0 Å². The van der Waals surface area contributed by atoms with Gasteiger partial charge in [0, 0.05) is 6.04 Å². The van der Waals surface area contributed by atoms with Crippen molar-refractivity contribution < 1.29 is 4.79 Å². The van der Waals surface area contributed by atoms with Gasteiger partial charge in [-0.25, -0.2) is 0 Å². The van der Waals surface area contributed by atoms with Crippen molar-refractivity contribution in [3.8, 4) is 0 Å². The first-order valence-electron chi connectivity index (χ1n) is 7.20. The molecule has 0 aliphatic heterocycles. The number of hydrogen-bond donors (Lipinski definition) is 2. The maximum absolute atomic E-state index is 12.2. The lowest BCUT2D eigenvalue weighted by molar-refractivity contribution is -0.123. The fourth-order valence-corrected chi connectivity index (χ4v) is 2.87. The Bertz CT molecular complexity index is 418. The molecule has 1 saturated carbocycles. The Morgan fingerprint density at radius 3 is 2.63 bits per heavy atom. The molecule has 1 aliphatic rings. The van der Waals surface area contributed by atoms with E-state index in [4.69, 9.17) is 5.73 Å². The number of rotatable bonds is 3. The van der Waals surface area contributed by atoms with E-state index in [-0.39, 0.29) is 11.9 Å².